The Kier molecular flexibility index (Phi) is 5.33. The largest absolute Gasteiger partial charge is 0.376 e. The lowest BCUT2D eigenvalue weighted by Gasteiger charge is -2.22. The second kappa shape index (κ2) is 7.65. The lowest BCUT2D eigenvalue weighted by Crippen LogP contribution is -2.44. The van der Waals surface area contributed by atoms with Crippen LogP contribution in [0.5, 0.6) is 0 Å². The van der Waals surface area contributed by atoms with Crippen molar-refractivity contribution in [1.29, 1.82) is 0 Å². The summed E-state index contributed by atoms with van der Waals surface area (Å²) in [5.41, 5.74) is 1.55. The Morgan fingerprint density at radius 1 is 1.48 bits per heavy atom. The van der Waals surface area contributed by atoms with E-state index in [1.807, 2.05) is 6.92 Å². The topological polar surface area (TPSA) is 68.2 Å². The van der Waals surface area contributed by atoms with Gasteiger partial charge in [-0.15, -0.1) is 0 Å². The maximum absolute atomic E-state index is 13.9. The molecule has 2 amide bonds. The van der Waals surface area contributed by atoms with Crippen molar-refractivity contribution in [2.45, 2.75) is 45.3 Å². The molecule has 1 aromatic carbocycles. The molecule has 6 nitrogen and oxygen atoms in total. The lowest BCUT2D eigenvalue weighted by atomic mass is 10.1. The monoisotopic (exact) mass is 346 g/mol. The number of halogens is 1. The summed E-state index contributed by atoms with van der Waals surface area (Å²) in [6.07, 6.45) is 4.38. The van der Waals surface area contributed by atoms with Crippen LogP contribution in [-0.2, 0) is 4.74 Å². The molecular formula is C18H23FN4O2. The van der Waals surface area contributed by atoms with E-state index in [1.165, 1.54) is 16.9 Å². The predicted octanol–water partition coefficient (Wildman–Crippen LogP) is 3.40. The van der Waals surface area contributed by atoms with Crippen LogP contribution in [0.15, 0.2) is 30.5 Å². The second-order valence-electron chi connectivity index (χ2n) is 6.17. The highest BCUT2D eigenvalue weighted by Gasteiger charge is 2.26. The van der Waals surface area contributed by atoms with Gasteiger partial charge in [0.2, 0.25) is 0 Å². The van der Waals surface area contributed by atoms with Gasteiger partial charge >= 0.3 is 6.03 Å². The van der Waals surface area contributed by atoms with Crippen LogP contribution in [0.1, 0.15) is 31.9 Å². The molecule has 0 saturated carbocycles. The molecule has 0 bridgehead atoms. The highest BCUT2D eigenvalue weighted by Crippen LogP contribution is 2.21. The van der Waals surface area contributed by atoms with Crippen LogP contribution in [0.25, 0.3) is 5.69 Å². The molecule has 7 heteroatoms. The van der Waals surface area contributed by atoms with E-state index in [1.54, 1.807) is 25.1 Å². The molecule has 2 aromatic rings. The highest BCUT2D eigenvalue weighted by atomic mass is 19.1. The molecular weight excluding hydrogens is 323 g/mol. The maximum Gasteiger partial charge on any atom is 0.319 e. The van der Waals surface area contributed by atoms with E-state index in [0.29, 0.717) is 17.1 Å². The molecule has 2 heterocycles. The fourth-order valence-corrected chi connectivity index (χ4v) is 3.10. The number of nitrogens with one attached hydrogen (secondary N) is 2. The van der Waals surface area contributed by atoms with Crippen LogP contribution in [0, 0.1) is 12.7 Å². The number of hydrogen-bond donors (Lipinski definition) is 2. The molecule has 1 aliphatic heterocycles. The first-order valence-corrected chi connectivity index (χ1v) is 8.58. The zero-order valence-corrected chi connectivity index (χ0v) is 14.5. The Labute approximate surface area is 146 Å². The summed E-state index contributed by atoms with van der Waals surface area (Å²) >= 11 is 0. The minimum atomic E-state index is -0.367. The van der Waals surface area contributed by atoms with E-state index >= 15 is 0 Å². The zero-order chi connectivity index (χ0) is 17.8. The molecule has 3 rings (SSSR count). The third-order valence-corrected chi connectivity index (χ3v) is 4.51. The van der Waals surface area contributed by atoms with Gasteiger partial charge in [-0.3, -0.25) is 0 Å². The zero-order valence-electron chi connectivity index (χ0n) is 14.5. The standard InChI is InChI=1S/C18H23FN4O2/c1-3-14(17-9-6-10-25-17)21-18(24)22-15-11-20-23(12(15)2)16-8-5-4-7-13(16)19/h4-5,7-8,11,14,17H,3,6,9-10H2,1-2H3,(H2,21,22,24)/t14-,17-/m0/s1. The van der Waals surface area contributed by atoms with Gasteiger partial charge in [-0.1, -0.05) is 19.1 Å². The van der Waals surface area contributed by atoms with Crippen molar-refractivity contribution in [3.8, 4) is 5.69 Å². The van der Waals surface area contributed by atoms with Crippen LogP contribution < -0.4 is 10.6 Å². The third-order valence-electron chi connectivity index (χ3n) is 4.51. The Balaban J connectivity index is 1.69. The number of carbonyl (C=O) groups is 1. The number of anilines is 1. The normalized spacial score (nSPS) is 18.1. The number of ether oxygens (including phenoxy) is 1. The highest BCUT2D eigenvalue weighted by molar-refractivity contribution is 5.90. The molecule has 0 spiro atoms. The first-order valence-electron chi connectivity index (χ1n) is 8.58. The first-order chi connectivity index (χ1) is 12.1. The van der Waals surface area contributed by atoms with Crippen LogP contribution >= 0.6 is 0 Å². The van der Waals surface area contributed by atoms with Gasteiger partial charge in [0.05, 0.1) is 29.7 Å². The quantitative estimate of drug-likeness (QED) is 0.872. The molecule has 1 aromatic heterocycles. The van der Waals surface area contributed by atoms with Crippen LogP contribution in [0.3, 0.4) is 0 Å². The van der Waals surface area contributed by atoms with E-state index in [-0.39, 0.29) is 24.0 Å². The summed E-state index contributed by atoms with van der Waals surface area (Å²) in [5, 5.41) is 9.94. The fraction of sp³-hybridized carbons (Fsp3) is 0.444. The summed E-state index contributed by atoms with van der Waals surface area (Å²) in [6, 6.07) is 6.06. The molecule has 134 valence electrons. The average molecular weight is 346 g/mol. The summed E-state index contributed by atoms with van der Waals surface area (Å²) < 4.78 is 21.1. The van der Waals surface area contributed by atoms with Gasteiger partial charge in [-0.25, -0.2) is 13.9 Å². The molecule has 1 aliphatic rings. The van der Waals surface area contributed by atoms with Gasteiger partial charge in [0.15, 0.2) is 0 Å². The van der Waals surface area contributed by atoms with Gasteiger partial charge < -0.3 is 15.4 Å². The molecule has 2 N–H and O–H groups in total. The van der Waals surface area contributed by atoms with E-state index in [2.05, 4.69) is 15.7 Å². The molecule has 0 aliphatic carbocycles. The van der Waals surface area contributed by atoms with Crippen LogP contribution in [-0.4, -0.2) is 34.6 Å². The lowest BCUT2D eigenvalue weighted by molar-refractivity contribution is 0.0804. The van der Waals surface area contributed by atoms with Crippen molar-refractivity contribution in [3.63, 3.8) is 0 Å². The van der Waals surface area contributed by atoms with Crippen LogP contribution in [0.2, 0.25) is 0 Å². The third kappa shape index (κ3) is 3.82. The number of nitrogens with zero attached hydrogens (tertiary/aromatic N) is 2. The van der Waals surface area contributed by atoms with E-state index in [0.717, 1.165) is 25.9 Å². The fourth-order valence-electron chi connectivity index (χ4n) is 3.10. The van der Waals surface area contributed by atoms with Gasteiger partial charge in [0, 0.05) is 6.61 Å². The van der Waals surface area contributed by atoms with Gasteiger partial charge in [0.1, 0.15) is 11.5 Å². The Morgan fingerprint density at radius 3 is 2.96 bits per heavy atom. The van der Waals surface area contributed by atoms with Gasteiger partial charge in [-0.05, 0) is 38.3 Å². The minimum Gasteiger partial charge on any atom is -0.376 e. The molecule has 1 saturated heterocycles. The SMILES string of the molecule is CC[C@H](NC(=O)Nc1cnn(-c2ccccc2F)c1C)[C@@H]1CCCO1. The number of carbonyl (C=O) groups excluding carboxylic acids is 1. The van der Waals surface area contributed by atoms with Gasteiger partial charge in [0.25, 0.3) is 0 Å². The number of urea groups is 1. The molecule has 1 fully saturated rings. The molecule has 2 atom stereocenters. The summed E-state index contributed by atoms with van der Waals surface area (Å²) in [6.45, 7) is 4.56. The van der Waals surface area contributed by atoms with Crippen molar-refractivity contribution in [2.24, 2.45) is 0 Å². The van der Waals surface area contributed by atoms with Crippen molar-refractivity contribution in [1.82, 2.24) is 15.1 Å². The number of para-hydroxylation sites is 1. The van der Waals surface area contributed by atoms with E-state index in [4.69, 9.17) is 4.74 Å². The van der Waals surface area contributed by atoms with Gasteiger partial charge in [-0.2, -0.15) is 5.10 Å². The van der Waals surface area contributed by atoms with Crippen molar-refractivity contribution in [2.75, 3.05) is 11.9 Å². The minimum absolute atomic E-state index is 0.0237. The average Bonchev–Trinajstić information content (AvgIpc) is 3.25. The number of amides is 2. The Hall–Kier alpha value is -2.41. The number of hydrogen-bond acceptors (Lipinski definition) is 3. The van der Waals surface area contributed by atoms with Crippen molar-refractivity contribution >= 4 is 11.7 Å². The Morgan fingerprint density at radius 2 is 2.28 bits per heavy atom. The molecule has 0 radical (unpaired) electrons. The molecule has 25 heavy (non-hydrogen) atoms. The number of benzene rings is 1. The smallest absolute Gasteiger partial charge is 0.319 e. The van der Waals surface area contributed by atoms with Crippen molar-refractivity contribution < 1.29 is 13.9 Å². The van der Waals surface area contributed by atoms with Crippen molar-refractivity contribution in [3.05, 3.63) is 42.0 Å². The Bertz CT molecular complexity index is 740. The summed E-state index contributed by atoms with van der Waals surface area (Å²) in [4.78, 5) is 12.3. The van der Waals surface area contributed by atoms with Crippen LogP contribution in [0.4, 0.5) is 14.9 Å². The first kappa shape index (κ1) is 17.4. The van der Waals surface area contributed by atoms with E-state index < -0.39 is 0 Å². The number of aromatic nitrogens is 2. The molecule has 0 unspecified atom stereocenters. The number of rotatable bonds is 5. The van der Waals surface area contributed by atoms with E-state index in [9.17, 15) is 9.18 Å². The maximum atomic E-state index is 13.9. The second-order valence-corrected chi connectivity index (χ2v) is 6.17. The summed E-state index contributed by atoms with van der Waals surface area (Å²) in [7, 11) is 0. The summed E-state index contributed by atoms with van der Waals surface area (Å²) in [5.74, 6) is -0.367. The predicted molar refractivity (Wildman–Crippen MR) is 93.5 cm³/mol.